The van der Waals surface area contributed by atoms with Crippen LogP contribution in [0.15, 0.2) is 36.4 Å². The average Bonchev–Trinajstić information content (AvgIpc) is 2.77. The van der Waals surface area contributed by atoms with Crippen molar-refractivity contribution in [1.29, 1.82) is 0 Å². The molecule has 5 nitrogen and oxygen atoms in total. The molecule has 1 heterocycles. The molecule has 0 saturated carbocycles. The van der Waals surface area contributed by atoms with E-state index in [1.54, 1.807) is 42.1 Å². The summed E-state index contributed by atoms with van der Waals surface area (Å²) in [5.41, 5.74) is 1.37. The van der Waals surface area contributed by atoms with Crippen LogP contribution in [0.3, 0.4) is 0 Å². The van der Waals surface area contributed by atoms with E-state index in [0.29, 0.717) is 63.1 Å². The largest absolute Gasteiger partial charge is 0.355 e. The summed E-state index contributed by atoms with van der Waals surface area (Å²) in [5.74, 6) is 0.611. The second-order valence-corrected chi connectivity index (χ2v) is 12.5. The number of carbonyl (C=O) groups excluding carboxylic acids is 1. The molecule has 1 amide bonds. The Morgan fingerprint density at radius 1 is 1.09 bits per heavy atom. The Hall–Kier alpha value is -0.670. The van der Waals surface area contributed by atoms with Crippen LogP contribution in [0.25, 0.3) is 0 Å². The zero-order valence-electron chi connectivity index (χ0n) is 17.7. The predicted molar refractivity (Wildman–Crippen MR) is 139 cm³/mol. The minimum atomic E-state index is -3.61. The van der Waals surface area contributed by atoms with E-state index < -0.39 is 10.0 Å². The first-order valence-corrected chi connectivity index (χ1v) is 14.6. The molecule has 33 heavy (non-hydrogen) atoms. The van der Waals surface area contributed by atoms with Crippen LogP contribution in [-0.2, 0) is 26.3 Å². The first kappa shape index (κ1) is 26.9. The van der Waals surface area contributed by atoms with Crippen molar-refractivity contribution in [3.63, 3.8) is 0 Å². The van der Waals surface area contributed by atoms with Crippen LogP contribution < -0.4 is 5.32 Å². The molecule has 0 spiro atoms. The van der Waals surface area contributed by atoms with Crippen molar-refractivity contribution < 1.29 is 13.2 Å². The smallest absolute Gasteiger partial charge is 0.224 e. The number of nitrogens with zero attached hydrogens (tertiary/aromatic N) is 1. The number of halogens is 4. The van der Waals surface area contributed by atoms with Gasteiger partial charge in [0.1, 0.15) is 0 Å². The second-order valence-electron chi connectivity index (χ2n) is 7.73. The van der Waals surface area contributed by atoms with Crippen LogP contribution >= 0.6 is 58.2 Å². The van der Waals surface area contributed by atoms with Gasteiger partial charge in [-0.05, 0) is 48.2 Å². The summed E-state index contributed by atoms with van der Waals surface area (Å²) in [4.78, 5) is 12.6. The number of rotatable bonds is 9. The SMILES string of the molecule is O=C(NCCSCc1c(Cl)cccc1Cl)[C@H]1CCCN(S(=O)(=O)Cc2ccc(Cl)cc2Cl)C1. The molecule has 1 fully saturated rings. The van der Waals surface area contributed by atoms with E-state index in [1.165, 1.54) is 10.4 Å². The topological polar surface area (TPSA) is 66.5 Å². The zero-order valence-corrected chi connectivity index (χ0v) is 22.4. The highest BCUT2D eigenvalue weighted by atomic mass is 35.5. The Morgan fingerprint density at radius 2 is 1.82 bits per heavy atom. The van der Waals surface area contributed by atoms with Crippen LogP contribution in [0.1, 0.15) is 24.0 Å². The van der Waals surface area contributed by atoms with Gasteiger partial charge < -0.3 is 5.32 Å². The summed E-state index contributed by atoms with van der Waals surface area (Å²) in [5, 5.41) is 4.94. The molecule has 0 radical (unpaired) electrons. The average molecular weight is 570 g/mol. The van der Waals surface area contributed by atoms with Crippen molar-refractivity contribution in [2.75, 3.05) is 25.4 Å². The molecule has 1 aliphatic heterocycles. The Bertz CT molecular complexity index is 1080. The summed E-state index contributed by atoms with van der Waals surface area (Å²) in [6.45, 7) is 1.04. The van der Waals surface area contributed by atoms with E-state index >= 15 is 0 Å². The maximum absolute atomic E-state index is 12.9. The number of piperidine rings is 1. The molecule has 0 aliphatic carbocycles. The van der Waals surface area contributed by atoms with Crippen molar-refractivity contribution in [3.05, 3.63) is 67.6 Å². The van der Waals surface area contributed by atoms with Crippen molar-refractivity contribution in [3.8, 4) is 0 Å². The Morgan fingerprint density at radius 3 is 2.52 bits per heavy atom. The van der Waals surface area contributed by atoms with Crippen molar-refractivity contribution in [1.82, 2.24) is 9.62 Å². The third kappa shape index (κ3) is 7.66. The van der Waals surface area contributed by atoms with Crippen molar-refractivity contribution in [2.45, 2.75) is 24.3 Å². The molecule has 2 aromatic rings. The third-order valence-corrected chi connectivity index (χ3v) is 9.43. The van der Waals surface area contributed by atoms with Gasteiger partial charge in [0.05, 0.1) is 11.7 Å². The van der Waals surface area contributed by atoms with E-state index in [0.717, 1.165) is 5.56 Å². The quantitative estimate of drug-likeness (QED) is 0.382. The Kier molecular flexibility index (Phi) is 10.1. The van der Waals surface area contributed by atoms with E-state index in [1.807, 2.05) is 0 Å². The highest BCUT2D eigenvalue weighted by Gasteiger charge is 2.32. The number of hydrogen-bond acceptors (Lipinski definition) is 4. The maximum Gasteiger partial charge on any atom is 0.224 e. The molecule has 1 saturated heterocycles. The van der Waals surface area contributed by atoms with Crippen molar-refractivity contribution in [2.24, 2.45) is 5.92 Å². The van der Waals surface area contributed by atoms with E-state index in [2.05, 4.69) is 5.32 Å². The lowest BCUT2D eigenvalue weighted by atomic mass is 9.99. The summed E-state index contributed by atoms with van der Waals surface area (Å²) < 4.78 is 27.2. The molecule has 1 atom stereocenters. The second kappa shape index (κ2) is 12.3. The number of carbonyl (C=O) groups is 1. The fourth-order valence-corrected chi connectivity index (χ4v) is 7.36. The normalized spacial score (nSPS) is 17.2. The van der Waals surface area contributed by atoms with Gasteiger partial charge in [0, 0.05) is 51.2 Å². The molecule has 0 bridgehead atoms. The fourth-order valence-electron chi connectivity index (χ4n) is 3.57. The lowest BCUT2D eigenvalue weighted by molar-refractivity contribution is -0.125. The number of sulfonamides is 1. The van der Waals surface area contributed by atoms with Crippen molar-refractivity contribution >= 4 is 74.1 Å². The summed E-state index contributed by atoms with van der Waals surface area (Å²) in [7, 11) is -3.61. The van der Waals surface area contributed by atoms with Gasteiger partial charge >= 0.3 is 0 Å². The minimum Gasteiger partial charge on any atom is -0.355 e. The molecule has 1 N–H and O–H groups in total. The first-order valence-electron chi connectivity index (χ1n) is 10.4. The van der Waals surface area contributed by atoms with E-state index in [4.69, 9.17) is 46.4 Å². The molecule has 1 aliphatic rings. The monoisotopic (exact) mass is 568 g/mol. The van der Waals surface area contributed by atoms with Gasteiger partial charge in [0.2, 0.25) is 15.9 Å². The highest BCUT2D eigenvalue weighted by molar-refractivity contribution is 7.98. The maximum atomic E-state index is 12.9. The van der Waals surface area contributed by atoms with Crippen LogP contribution in [0, 0.1) is 5.92 Å². The summed E-state index contributed by atoms with van der Waals surface area (Å²) in [6.07, 6.45) is 1.29. The summed E-state index contributed by atoms with van der Waals surface area (Å²) >= 11 is 26.0. The summed E-state index contributed by atoms with van der Waals surface area (Å²) in [6, 6.07) is 10.2. The van der Waals surface area contributed by atoms with Crippen LogP contribution in [0.4, 0.5) is 0 Å². The molecule has 11 heteroatoms. The van der Waals surface area contributed by atoms with Crippen LogP contribution in [0.5, 0.6) is 0 Å². The van der Waals surface area contributed by atoms with Gasteiger partial charge in [-0.2, -0.15) is 11.8 Å². The van der Waals surface area contributed by atoms with Crippen LogP contribution in [0.2, 0.25) is 20.1 Å². The molecule has 0 unspecified atom stereocenters. The van der Waals surface area contributed by atoms with E-state index in [9.17, 15) is 13.2 Å². The lowest BCUT2D eigenvalue weighted by Crippen LogP contribution is -2.46. The predicted octanol–water partition coefficient (Wildman–Crippen LogP) is 5.89. The molecular weight excluding hydrogens is 546 g/mol. The minimum absolute atomic E-state index is 0.129. The fraction of sp³-hybridized carbons (Fsp3) is 0.409. The molecular formula is C22H24Cl4N2O3S2. The third-order valence-electron chi connectivity index (χ3n) is 5.36. The lowest BCUT2D eigenvalue weighted by Gasteiger charge is -2.31. The number of benzene rings is 2. The highest BCUT2D eigenvalue weighted by Crippen LogP contribution is 2.28. The van der Waals surface area contributed by atoms with Gasteiger partial charge in [-0.3, -0.25) is 4.79 Å². The molecule has 180 valence electrons. The van der Waals surface area contributed by atoms with E-state index in [-0.39, 0.29) is 24.1 Å². The Labute approximate surface area is 219 Å². The number of hydrogen-bond donors (Lipinski definition) is 1. The van der Waals surface area contributed by atoms with Gasteiger partial charge in [-0.1, -0.05) is 58.5 Å². The standard InChI is InChI=1S/C22H24Cl4N2O3S2/c23-17-7-6-16(21(26)11-17)14-33(30,31)28-9-2-3-15(12-28)22(29)27-8-10-32-13-18-19(24)4-1-5-20(18)25/h1,4-7,11,15H,2-3,8-10,12-14H2,(H,27,29)/t15-/m0/s1. The zero-order chi connectivity index (χ0) is 24.0. The molecule has 2 aromatic carbocycles. The first-order chi connectivity index (χ1) is 15.7. The molecule has 3 rings (SSSR count). The molecule has 0 aromatic heterocycles. The van der Waals surface area contributed by atoms with Gasteiger partial charge in [-0.15, -0.1) is 0 Å². The van der Waals surface area contributed by atoms with Gasteiger partial charge in [-0.25, -0.2) is 12.7 Å². The van der Waals surface area contributed by atoms with Gasteiger partial charge in [0.25, 0.3) is 0 Å². The van der Waals surface area contributed by atoms with Crippen LogP contribution in [-0.4, -0.2) is 44.0 Å². The number of thioether (sulfide) groups is 1. The van der Waals surface area contributed by atoms with Gasteiger partial charge in [0.15, 0.2) is 0 Å². The Balaban J connectivity index is 1.47. The number of amides is 1. The number of nitrogens with one attached hydrogen (secondary N) is 1.